The second-order valence-electron chi connectivity index (χ2n) is 5.64. The zero-order chi connectivity index (χ0) is 13.7. The van der Waals surface area contributed by atoms with E-state index in [-0.39, 0.29) is 5.54 Å². The van der Waals surface area contributed by atoms with Gasteiger partial charge in [-0.1, -0.05) is 0 Å². The maximum Gasteiger partial charge on any atom is 0.156 e. The van der Waals surface area contributed by atoms with Gasteiger partial charge >= 0.3 is 0 Å². The molecule has 0 saturated carbocycles. The Morgan fingerprint density at radius 1 is 1.32 bits per heavy atom. The van der Waals surface area contributed by atoms with E-state index >= 15 is 0 Å². The molecule has 5 nitrogen and oxygen atoms in total. The molecule has 102 valence electrons. The van der Waals surface area contributed by atoms with Crippen LogP contribution in [0.15, 0.2) is 31.0 Å². The summed E-state index contributed by atoms with van der Waals surface area (Å²) in [4.78, 5) is 8.07. The fourth-order valence-electron chi connectivity index (χ4n) is 1.79. The second kappa shape index (κ2) is 5.93. The number of aromatic nitrogens is 4. The topological polar surface area (TPSA) is 55.6 Å². The van der Waals surface area contributed by atoms with Crippen molar-refractivity contribution in [3.8, 4) is 5.82 Å². The van der Waals surface area contributed by atoms with E-state index in [1.54, 1.807) is 10.9 Å². The summed E-state index contributed by atoms with van der Waals surface area (Å²) < 4.78 is 1.79. The third kappa shape index (κ3) is 4.44. The molecule has 0 unspecified atom stereocenters. The maximum absolute atomic E-state index is 4.32. The molecule has 2 aromatic rings. The van der Waals surface area contributed by atoms with Crippen molar-refractivity contribution in [2.24, 2.45) is 0 Å². The lowest BCUT2D eigenvalue weighted by atomic mass is 10.1. The van der Waals surface area contributed by atoms with E-state index in [1.165, 1.54) is 11.9 Å². The summed E-state index contributed by atoms with van der Waals surface area (Å²) in [7, 11) is 0. The first kappa shape index (κ1) is 13.7. The molecule has 0 aromatic carbocycles. The average Bonchev–Trinajstić information content (AvgIpc) is 2.83. The van der Waals surface area contributed by atoms with Crippen molar-refractivity contribution in [3.05, 3.63) is 36.5 Å². The van der Waals surface area contributed by atoms with Gasteiger partial charge in [0.05, 0.1) is 6.20 Å². The minimum absolute atomic E-state index is 0.186. The summed E-state index contributed by atoms with van der Waals surface area (Å²) in [6.07, 6.45) is 9.31. The van der Waals surface area contributed by atoms with Gasteiger partial charge in [-0.15, -0.1) is 0 Å². The molecule has 0 spiro atoms. The molecule has 19 heavy (non-hydrogen) atoms. The molecule has 0 aliphatic heterocycles. The minimum atomic E-state index is 0.186. The van der Waals surface area contributed by atoms with E-state index in [2.05, 4.69) is 41.2 Å². The molecule has 0 amide bonds. The number of nitrogens with one attached hydrogen (secondary N) is 1. The van der Waals surface area contributed by atoms with Crippen molar-refractivity contribution in [3.63, 3.8) is 0 Å². The average molecular weight is 259 g/mol. The fraction of sp³-hybridized carbons (Fsp3) is 0.500. The van der Waals surface area contributed by atoms with Crippen LogP contribution in [0.3, 0.4) is 0 Å². The highest BCUT2D eigenvalue weighted by molar-refractivity contribution is 5.20. The first-order valence-corrected chi connectivity index (χ1v) is 6.59. The van der Waals surface area contributed by atoms with Gasteiger partial charge in [0.2, 0.25) is 0 Å². The van der Waals surface area contributed by atoms with E-state index in [4.69, 9.17) is 0 Å². The van der Waals surface area contributed by atoms with E-state index in [0.29, 0.717) is 0 Å². The highest BCUT2D eigenvalue weighted by Crippen LogP contribution is 2.06. The SMILES string of the molecule is CC(C)(C)NCCCc1cnn(-c2ccncn2)c1. The highest BCUT2D eigenvalue weighted by Gasteiger charge is 2.07. The summed E-state index contributed by atoms with van der Waals surface area (Å²) in [5.41, 5.74) is 1.42. The van der Waals surface area contributed by atoms with Crippen molar-refractivity contribution in [1.29, 1.82) is 0 Å². The van der Waals surface area contributed by atoms with Crippen LogP contribution in [0, 0.1) is 0 Å². The van der Waals surface area contributed by atoms with E-state index in [1.807, 2.05) is 18.5 Å². The number of hydrogen-bond acceptors (Lipinski definition) is 4. The van der Waals surface area contributed by atoms with Crippen molar-refractivity contribution in [2.75, 3.05) is 6.54 Å². The van der Waals surface area contributed by atoms with Gasteiger partial charge in [0.1, 0.15) is 6.33 Å². The van der Waals surface area contributed by atoms with E-state index in [0.717, 1.165) is 25.2 Å². The summed E-state index contributed by atoms with van der Waals surface area (Å²) in [5, 5.41) is 7.80. The summed E-state index contributed by atoms with van der Waals surface area (Å²) >= 11 is 0. The zero-order valence-electron chi connectivity index (χ0n) is 11.8. The van der Waals surface area contributed by atoms with E-state index in [9.17, 15) is 0 Å². The lowest BCUT2D eigenvalue weighted by Crippen LogP contribution is -2.36. The zero-order valence-corrected chi connectivity index (χ0v) is 11.8. The van der Waals surface area contributed by atoms with Gasteiger partial charge < -0.3 is 5.32 Å². The van der Waals surface area contributed by atoms with Gasteiger partial charge in [0.25, 0.3) is 0 Å². The first-order chi connectivity index (χ1) is 9.04. The minimum Gasteiger partial charge on any atom is -0.312 e. The fourth-order valence-corrected chi connectivity index (χ4v) is 1.79. The molecule has 0 aliphatic rings. The molecular weight excluding hydrogens is 238 g/mol. The Bertz CT molecular complexity index is 498. The molecule has 0 radical (unpaired) electrons. The van der Waals surface area contributed by atoms with Gasteiger partial charge in [0.15, 0.2) is 5.82 Å². The molecule has 1 N–H and O–H groups in total. The van der Waals surface area contributed by atoms with Crippen LogP contribution in [-0.4, -0.2) is 31.8 Å². The third-order valence-electron chi connectivity index (χ3n) is 2.73. The van der Waals surface area contributed by atoms with Crippen LogP contribution in [0.4, 0.5) is 0 Å². The molecule has 2 aromatic heterocycles. The Morgan fingerprint density at radius 2 is 2.16 bits per heavy atom. The molecule has 0 bridgehead atoms. The van der Waals surface area contributed by atoms with Crippen LogP contribution in [0.2, 0.25) is 0 Å². The standard InChI is InChI=1S/C14H21N5/c1-14(2,3)17-7-4-5-12-9-18-19(10-12)13-6-8-15-11-16-13/h6,8-11,17H,4-5,7H2,1-3H3. The molecule has 0 aliphatic carbocycles. The monoisotopic (exact) mass is 259 g/mol. The lowest BCUT2D eigenvalue weighted by molar-refractivity contribution is 0.422. The predicted octanol–water partition coefficient (Wildman–Crippen LogP) is 1.98. The van der Waals surface area contributed by atoms with Crippen LogP contribution in [0.1, 0.15) is 32.8 Å². The van der Waals surface area contributed by atoms with Crippen LogP contribution in [0.25, 0.3) is 5.82 Å². The number of hydrogen-bond donors (Lipinski definition) is 1. The smallest absolute Gasteiger partial charge is 0.156 e. The lowest BCUT2D eigenvalue weighted by Gasteiger charge is -2.20. The molecule has 2 rings (SSSR count). The van der Waals surface area contributed by atoms with Crippen LogP contribution >= 0.6 is 0 Å². The Hall–Kier alpha value is -1.75. The Balaban J connectivity index is 1.85. The van der Waals surface area contributed by atoms with Crippen molar-refractivity contribution in [1.82, 2.24) is 25.1 Å². The summed E-state index contributed by atoms with van der Waals surface area (Å²) in [5.74, 6) is 0.800. The summed E-state index contributed by atoms with van der Waals surface area (Å²) in [6.45, 7) is 7.56. The molecule has 0 atom stereocenters. The molecule has 2 heterocycles. The predicted molar refractivity (Wildman–Crippen MR) is 75.2 cm³/mol. The van der Waals surface area contributed by atoms with Crippen molar-refractivity contribution in [2.45, 2.75) is 39.2 Å². The first-order valence-electron chi connectivity index (χ1n) is 6.59. The van der Waals surface area contributed by atoms with Gasteiger partial charge in [-0.05, 0) is 45.7 Å². The van der Waals surface area contributed by atoms with Crippen LogP contribution in [-0.2, 0) is 6.42 Å². The summed E-state index contributed by atoms with van der Waals surface area (Å²) in [6, 6.07) is 1.85. The highest BCUT2D eigenvalue weighted by atomic mass is 15.3. The molecular formula is C14H21N5. The Kier molecular flexibility index (Phi) is 4.27. The quantitative estimate of drug-likeness (QED) is 0.834. The van der Waals surface area contributed by atoms with Gasteiger partial charge in [-0.25, -0.2) is 14.6 Å². The normalized spacial score (nSPS) is 11.7. The van der Waals surface area contributed by atoms with Crippen molar-refractivity contribution >= 4 is 0 Å². The Morgan fingerprint density at radius 3 is 2.84 bits per heavy atom. The van der Waals surface area contributed by atoms with Gasteiger partial charge in [-0.2, -0.15) is 5.10 Å². The van der Waals surface area contributed by atoms with Gasteiger partial charge in [0, 0.05) is 24.0 Å². The molecule has 0 fully saturated rings. The largest absolute Gasteiger partial charge is 0.312 e. The third-order valence-corrected chi connectivity index (χ3v) is 2.73. The van der Waals surface area contributed by atoms with Crippen molar-refractivity contribution < 1.29 is 0 Å². The number of rotatable bonds is 5. The Labute approximate surface area is 114 Å². The number of nitrogens with zero attached hydrogens (tertiary/aromatic N) is 4. The van der Waals surface area contributed by atoms with Crippen LogP contribution < -0.4 is 5.32 Å². The maximum atomic E-state index is 4.32. The molecule has 0 saturated heterocycles. The molecule has 5 heteroatoms. The van der Waals surface area contributed by atoms with E-state index < -0.39 is 0 Å². The van der Waals surface area contributed by atoms with Gasteiger partial charge in [-0.3, -0.25) is 0 Å². The second-order valence-corrected chi connectivity index (χ2v) is 5.64. The number of aryl methyl sites for hydroxylation is 1. The van der Waals surface area contributed by atoms with Crippen LogP contribution in [0.5, 0.6) is 0 Å².